The highest BCUT2D eigenvalue weighted by molar-refractivity contribution is 5.94. The molecule has 150 valence electrons. The fraction of sp³-hybridized carbons (Fsp3) is 0.545. The highest BCUT2D eigenvalue weighted by Gasteiger charge is 2.27. The van der Waals surface area contributed by atoms with Gasteiger partial charge in [-0.1, -0.05) is 0 Å². The van der Waals surface area contributed by atoms with Crippen LogP contribution in [0.3, 0.4) is 0 Å². The van der Waals surface area contributed by atoms with Crippen molar-refractivity contribution in [2.75, 3.05) is 51.2 Å². The van der Waals surface area contributed by atoms with E-state index in [-0.39, 0.29) is 5.91 Å². The maximum Gasteiger partial charge on any atom is 0.253 e. The number of hydrogen-bond acceptors (Lipinski definition) is 4. The van der Waals surface area contributed by atoms with Gasteiger partial charge in [0.2, 0.25) is 0 Å². The van der Waals surface area contributed by atoms with Crippen molar-refractivity contribution in [2.45, 2.75) is 32.2 Å². The van der Waals surface area contributed by atoms with E-state index in [0.717, 1.165) is 64.2 Å². The quantitative estimate of drug-likeness (QED) is 0.817. The number of piperidine rings is 1. The number of aromatic nitrogens is 2. The third-order valence-electron chi connectivity index (χ3n) is 6.22. The zero-order chi connectivity index (χ0) is 19.5. The molecule has 4 rings (SSSR count). The van der Waals surface area contributed by atoms with Crippen LogP contribution in [-0.2, 0) is 6.54 Å². The van der Waals surface area contributed by atoms with Crippen LogP contribution in [0.25, 0.3) is 0 Å². The molecule has 2 aliphatic rings. The SMILES string of the molecule is CCn1ccnc1C1CCN(C(=O)c2ccc(N3CCN(C)CC3)cc2)CC1. The number of imidazole rings is 1. The average molecular weight is 382 g/mol. The number of amides is 1. The van der Waals surface area contributed by atoms with Crippen LogP contribution in [0.1, 0.15) is 41.9 Å². The van der Waals surface area contributed by atoms with Gasteiger partial charge >= 0.3 is 0 Å². The molecule has 6 heteroatoms. The monoisotopic (exact) mass is 381 g/mol. The van der Waals surface area contributed by atoms with Crippen molar-refractivity contribution in [1.29, 1.82) is 0 Å². The van der Waals surface area contributed by atoms with Gasteiger partial charge in [0.05, 0.1) is 0 Å². The molecular weight excluding hydrogens is 350 g/mol. The fourth-order valence-corrected chi connectivity index (χ4v) is 4.35. The molecule has 28 heavy (non-hydrogen) atoms. The van der Waals surface area contributed by atoms with Gasteiger partial charge in [-0.25, -0.2) is 4.98 Å². The van der Waals surface area contributed by atoms with Gasteiger partial charge < -0.3 is 19.3 Å². The Kier molecular flexibility index (Phi) is 5.67. The minimum Gasteiger partial charge on any atom is -0.369 e. The van der Waals surface area contributed by atoms with E-state index >= 15 is 0 Å². The van der Waals surface area contributed by atoms with Gasteiger partial charge in [0, 0.05) is 75.4 Å². The van der Waals surface area contributed by atoms with Crippen LogP contribution >= 0.6 is 0 Å². The van der Waals surface area contributed by atoms with Crippen molar-refractivity contribution >= 4 is 11.6 Å². The number of likely N-dealkylation sites (tertiary alicyclic amines) is 1. The minimum atomic E-state index is 0.155. The summed E-state index contributed by atoms with van der Waals surface area (Å²) in [6, 6.07) is 8.18. The molecule has 1 amide bonds. The minimum absolute atomic E-state index is 0.155. The Morgan fingerprint density at radius 1 is 1.04 bits per heavy atom. The first kappa shape index (κ1) is 19.0. The molecule has 0 saturated carbocycles. The molecule has 0 bridgehead atoms. The van der Waals surface area contributed by atoms with Crippen molar-refractivity contribution in [3.05, 3.63) is 48.0 Å². The second-order valence-electron chi connectivity index (χ2n) is 7.98. The number of anilines is 1. The normalized spacial score (nSPS) is 19.2. The summed E-state index contributed by atoms with van der Waals surface area (Å²) < 4.78 is 2.22. The van der Waals surface area contributed by atoms with Gasteiger partial charge in [0.25, 0.3) is 5.91 Å². The Hall–Kier alpha value is -2.34. The van der Waals surface area contributed by atoms with E-state index in [1.54, 1.807) is 0 Å². The van der Waals surface area contributed by atoms with Crippen LogP contribution in [0, 0.1) is 0 Å². The first-order chi connectivity index (χ1) is 13.7. The highest BCUT2D eigenvalue weighted by Crippen LogP contribution is 2.28. The van der Waals surface area contributed by atoms with Gasteiger partial charge in [-0.3, -0.25) is 4.79 Å². The summed E-state index contributed by atoms with van der Waals surface area (Å²) in [7, 11) is 2.16. The van der Waals surface area contributed by atoms with Gasteiger partial charge in [-0.2, -0.15) is 0 Å². The van der Waals surface area contributed by atoms with Crippen LogP contribution in [0.4, 0.5) is 5.69 Å². The van der Waals surface area contributed by atoms with E-state index in [4.69, 9.17) is 0 Å². The van der Waals surface area contributed by atoms with Gasteiger partial charge in [0.15, 0.2) is 0 Å². The zero-order valence-corrected chi connectivity index (χ0v) is 17.0. The maximum atomic E-state index is 12.9. The summed E-state index contributed by atoms with van der Waals surface area (Å²) in [5.41, 5.74) is 2.01. The number of aryl methyl sites for hydroxylation is 1. The Morgan fingerprint density at radius 2 is 1.71 bits per heavy atom. The predicted octanol–water partition coefficient (Wildman–Crippen LogP) is 2.67. The molecule has 6 nitrogen and oxygen atoms in total. The Morgan fingerprint density at radius 3 is 2.36 bits per heavy atom. The van der Waals surface area contributed by atoms with E-state index in [1.807, 2.05) is 23.2 Å². The number of carbonyl (C=O) groups is 1. The third kappa shape index (κ3) is 3.92. The van der Waals surface area contributed by atoms with Crippen molar-refractivity contribution in [2.24, 2.45) is 0 Å². The van der Waals surface area contributed by atoms with Crippen molar-refractivity contribution in [3.8, 4) is 0 Å². The lowest BCUT2D eigenvalue weighted by Crippen LogP contribution is -2.44. The summed E-state index contributed by atoms with van der Waals surface area (Å²) in [6.07, 6.45) is 5.91. The molecule has 0 spiro atoms. The standard InChI is InChI=1S/C22H31N5O/c1-3-25-13-10-23-21(25)18-8-11-27(12-9-18)22(28)19-4-6-20(7-5-19)26-16-14-24(2)15-17-26/h4-7,10,13,18H,3,8-9,11-12,14-17H2,1-2H3. The summed E-state index contributed by atoms with van der Waals surface area (Å²) in [5, 5.41) is 0. The molecule has 0 atom stereocenters. The topological polar surface area (TPSA) is 44.6 Å². The number of carbonyl (C=O) groups excluding carboxylic acids is 1. The Balaban J connectivity index is 1.35. The number of nitrogens with zero attached hydrogens (tertiary/aromatic N) is 5. The lowest BCUT2D eigenvalue weighted by Gasteiger charge is -2.34. The van der Waals surface area contributed by atoms with Crippen LogP contribution in [0.5, 0.6) is 0 Å². The van der Waals surface area contributed by atoms with Gasteiger partial charge in [-0.05, 0) is 51.1 Å². The number of piperazine rings is 1. The summed E-state index contributed by atoms with van der Waals surface area (Å²) >= 11 is 0. The van der Waals surface area contributed by atoms with Crippen LogP contribution < -0.4 is 4.90 Å². The number of hydrogen-bond donors (Lipinski definition) is 0. The molecule has 0 N–H and O–H groups in total. The lowest BCUT2D eigenvalue weighted by molar-refractivity contribution is 0.0710. The first-order valence-corrected chi connectivity index (χ1v) is 10.5. The molecule has 0 radical (unpaired) electrons. The van der Waals surface area contributed by atoms with Crippen molar-refractivity contribution in [3.63, 3.8) is 0 Å². The molecule has 3 heterocycles. The lowest BCUT2D eigenvalue weighted by atomic mass is 9.95. The molecular formula is C22H31N5O. The molecule has 1 aromatic heterocycles. The fourth-order valence-electron chi connectivity index (χ4n) is 4.35. The maximum absolute atomic E-state index is 12.9. The second kappa shape index (κ2) is 8.35. The molecule has 2 saturated heterocycles. The Bertz CT molecular complexity index is 784. The first-order valence-electron chi connectivity index (χ1n) is 10.5. The van der Waals surface area contributed by atoms with Gasteiger partial charge in [-0.15, -0.1) is 0 Å². The molecule has 2 aliphatic heterocycles. The smallest absolute Gasteiger partial charge is 0.253 e. The zero-order valence-electron chi connectivity index (χ0n) is 17.0. The van der Waals surface area contributed by atoms with E-state index in [2.05, 4.69) is 51.7 Å². The van der Waals surface area contributed by atoms with E-state index in [0.29, 0.717) is 5.92 Å². The van der Waals surface area contributed by atoms with Crippen molar-refractivity contribution < 1.29 is 4.79 Å². The summed E-state index contributed by atoms with van der Waals surface area (Å²) in [5.74, 6) is 1.78. The molecule has 2 aromatic rings. The second-order valence-corrected chi connectivity index (χ2v) is 7.98. The summed E-state index contributed by atoms with van der Waals surface area (Å²) in [4.78, 5) is 24.2. The molecule has 0 aliphatic carbocycles. The van der Waals surface area contributed by atoms with E-state index in [9.17, 15) is 4.79 Å². The number of rotatable bonds is 4. The Labute approximate surface area is 167 Å². The van der Waals surface area contributed by atoms with Crippen LogP contribution in [0.15, 0.2) is 36.7 Å². The van der Waals surface area contributed by atoms with Crippen molar-refractivity contribution in [1.82, 2.24) is 19.4 Å². The highest BCUT2D eigenvalue weighted by atomic mass is 16.2. The molecule has 2 fully saturated rings. The molecule has 1 aromatic carbocycles. The molecule has 0 unspecified atom stereocenters. The van der Waals surface area contributed by atoms with E-state index in [1.165, 1.54) is 11.5 Å². The van der Waals surface area contributed by atoms with E-state index < -0.39 is 0 Å². The average Bonchev–Trinajstić information content (AvgIpc) is 3.23. The number of likely N-dealkylation sites (N-methyl/N-ethyl adjacent to an activating group) is 1. The van der Waals surface area contributed by atoms with Crippen LogP contribution in [0.2, 0.25) is 0 Å². The van der Waals surface area contributed by atoms with Gasteiger partial charge in [0.1, 0.15) is 5.82 Å². The predicted molar refractivity (Wildman–Crippen MR) is 112 cm³/mol. The number of benzene rings is 1. The van der Waals surface area contributed by atoms with Crippen LogP contribution in [-0.4, -0.2) is 71.6 Å². The third-order valence-corrected chi connectivity index (χ3v) is 6.22. The largest absolute Gasteiger partial charge is 0.369 e. The summed E-state index contributed by atoms with van der Waals surface area (Å²) in [6.45, 7) is 8.98.